The predicted molar refractivity (Wildman–Crippen MR) is 83.2 cm³/mol. The SMILES string of the molecule is CNc1ccc([N+](=O)[O-])c([N+](=O)[O-])c1C(=S)N=CN(C)C. The summed E-state index contributed by atoms with van der Waals surface area (Å²) in [4.78, 5) is 25.9. The van der Waals surface area contributed by atoms with E-state index in [1.165, 1.54) is 19.5 Å². The van der Waals surface area contributed by atoms with Crippen molar-refractivity contribution in [1.82, 2.24) is 4.90 Å². The summed E-state index contributed by atoms with van der Waals surface area (Å²) in [6, 6.07) is 2.42. The van der Waals surface area contributed by atoms with Gasteiger partial charge in [-0.2, -0.15) is 0 Å². The van der Waals surface area contributed by atoms with Gasteiger partial charge in [0, 0.05) is 27.2 Å². The minimum absolute atomic E-state index is 0.0789. The molecule has 1 aromatic rings. The topological polar surface area (TPSA) is 114 Å². The second kappa shape index (κ2) is 6.70. The number of hydrogen-bond donors (Lipinski definition) is 1. The fourth-order valence-electron chi connectivity index (χ4n) is 1.57. The summed E-state index contributed by atoms with van der Waals surface area (Å²) in [7, 11) is 4.94. The number of hydrogen-bond acceptors (Lipinski definition) is 6. The van der Waals surface area contributed by atoms with Crippen LogP contribution < -0.4 is 5.32 Å². The molecule has 0 heterocycles. The summed E-state index contributed by atoms with van der Waals surface area (Å²) in [5.74, 6) is 0. The van der Waals surface area contributed by atoms with Gasteiger partial charge in [-0.15, -0.1) is 0 Å². The Labute approximate surface area is 125 Å². The van der Waals surface area contributed by atoms with Crippen molar-refractivity contribution in [2.24, 2.45) is 4.99 Å². The smallest absolute Gasteiger partial charge is 0.358 e. The van der Waals surface area contributed by atoms with E-state index in [1.54, 1.807) is 19.0 Å². The van der Waals surface area contributed by atoms with Crippen LogP contribution in [0.4, 0.5) is 17.1 Å². The Hall–Kier alpha value is -2.62. The van der Waals surface area contributed by atoms with Gasteiger partial charge < -0.3 is 10.2 Å². The first-order valence-electron chi connectivity index (χ1n) is 5.68. The van der Waals surface area contributed by atoms with Crippen LogP contribution in [0.3, 0.4) is 0 Å². The number of anilines is 1. The zero-order chi connectivity index (χ0) is 16.2. The lowest BCUT2D eigenvalue weighted by Gasteiger charge is -2.09. The lowest BCUT2D eigenvalue weighted by atomic mass is 10.1. The van der Waals surface area contributed by atoms with Gasteiger partial charge in [0.15, 0.2) is 0 Å². The first kappa shape index (κ1) is 16.4. The van der Waals surface area contributed by atoms with Gasteiger partial charge in [-0.05, 0) is 6.07 Å². The van der Waals surface area contributed by atoms with E-state index < -0.39 is 21.2 Å². The van der Waals surface area contributed by atoms with E-state index >= 15 is 0 Å². The Morgan fingerprint density at radius 2 is 1.95 bits per heavy atom. The number of nitrogens with one attached hydrogen (secondary N) is 1. The standard InChI is InChI=1S/C11H13N5O4S/c1-12-7-4-5-8(15(17)18)10(16(19)20)9(7)11(21)13-6-14(2)3/h4-6,12H,1-3H3. The van der Waals surface area contributed by atoms with Gasteiger partial charge in [-0.3, -0.25) is 20.2 Å². The van der Waals surface area contributed by atoms with E-state index in [9.17, 15) is 20.2 Å². The number of benzene rings is 1. The second-order valence-corrected chi connectivity index (χ2v) is 4.52. The lowest BCUT2D eigenvalue weighted by molar-refractivity contribution is -0.422. The molecule has 10 heteroatoms. The zero-order valence-corrected chi connectivity index (χ0v) is 12.4. The van der Waals surface area contributed by atoms with Crippen molar-refractivity contribution in [3.05, 3.63) is 37.9 Å². The van der Waals surface area contributed by atoms with Crippen molar-refractivity contribution in [3.8, 4) is 0 Å². The normalized spacial score (nSPS) is 10.4. The zero-order valence-electron chi connectivity index (χ0n) is 11.6. The number of rotatable bonds is 5. The van der Waals surface area contributed by atoms with Crippen LogP contribution in [0.1, 0.15) is 5.56 Å². The van der Waals surface area contributed by atoms with Crippen molar-refractivity contribution in [3.63, 3.8) is 0 Å². The third-order valence-corrected chi connectivity index (χ3v) is 2.73. The first-order valence-corrected chi connectivity index (χ1v) is 6.08. The molecular weight excluding hydrogens is 298 g/mol. The number of nitro groups is 2. The third kappa shape index (κ3) is 3.69. The van der Waals surface area contributed by atoms with Crippen molar-refractivity contribution in [2.45, 2.75) is 0 Å². The largest absolute Gasteiger partial charge is 0.387 e. The molecule has 0 amide bonds. The number of nitrogens with zero attached hydrogens (tertiary/aromatic N) is 4. The van der Waals surface area contributed by atoms with Crippen LogP contribution in [0.5, 0.6) is 0 Å². The molecule has 1 aromatic carbocycles. The highest BCUT2D eigenvalue weighted by molar-refractivity contribution is 7.80. The van der Waals surface area contributed by atoms with E-state index in [-0.39, 0.29) is 10.6 Å². The average molecular weight is 311 g/mol. The van der Waals surface area contributed by atoms with E-state index in [0.717, 1.165) is 6.07 Å². The predicted octanol–water partition coefficient (Wildman–Crippen LogP) is 1.81. The molecule has 0 bridgehead atoms. The molecule has 0 aliphatic heterocycles. The van der Waals surface area contributed by atoms with Crippen LogP contribution in [0.2, 0.25) is 0 Å². The Balaban J connectivity index is 3.59. The summed E-state index contributed by atoms with van der Waals surface area (Å²) >= 11 is 5.05. The molecule has 0 aromatic heterocycles. The molecule has 0 saturated heterocycles. The first-order chi connectivity index (χ1) is 9.79. The van der Waals surface area contributed by atoms with Gasteiger partial charge in [-0.1, -0.05) is 12.2 Å². The molecule has 0 unspecified atom stereocenters. The number of nitro benzene ring substituents is 2. The van der Waals surface area contributed by atoms with Crippen molar-refractivity contribution in [2.75, 3.05) is 26.5 Å². The molecule has 0 aliphatic carbocycles. The summed E-state index contributed by atoms with van der Waals surface area (Å²) in [5, 5.41) is 24.9. The fraction of sp³-hybridized carbons (Fsp3) is 0.273. The number of aliphatic imine (C=N–C) groups is 1. The van der Waals surface area contributed by atoms with Gasteiger partial charge >= 0.3 is 11.4 Å². The molecule has 0 radical (unpaired) electrons. The van der Waals surface area contributed by atoms with Crippen LogP contribution in [-0.4, -0.2) is 47.2 Å². The van der Waals surface area contributed by atoms with E-state index in [0.29, 0.717) is 5.69 Å². The Morgan fingerprint density at radius 3 is 2.38 bits per heavy atom. The quantitative estimate of drug-likeness (QED) is 0.290. The van der Waals surface area contributed by atoms with Crippen molar-refractivity contribution < 1.29 is 9.85 Å². The Kier molecular flexibility index (Phi) is 5.24. The Bertz CT molecular complexity index is 629. The molecule has 0 fully saturated rings. The maximum Gasteiger partial charge on any atom is 0.358 e. The average Bonchev–Trinajstić information content (AvgIpc) is 2.42. The van der Waals surface area contributed by atoms with Gasteiger partial charge in [-0.25, -0.2) is 4.99 Å². The molecule has 9 nitrogen and oxygen atoms in total. The molecule has 21 heavy (non-hydrogen) atoms. The fourth-order valence-corrected chi connectivity index (χ4v) is 1.82. The van der Waals surface area contributed by atoms with E-state index in [1.807, 2.05) is 0 Å². The molecule has 1 rings (SSSR count). The van der Waals surface area contributed by atoms with Crippen molar-refractivity contribution >= 4 is 40.6 Å². The van der Waals surface area contributed by atoms with Crippen LogP contribution in [0.15, 0.2) is 17.1 Å². The maximum absolute atomic E-state index is 11.2. The molecule has 1 N–H and O–H groups in total. The molecule has 0 spiro atoms. The summed E-state index contributed by atoms with van der Waals surface area (Å²) in [6.45, 7) is 0. The van der Waals surface area contributed by atoms with Crippen LogP contribution >= 0.6 is 12.2 Å². The summed E-state index contributed by atoms with van der Waals surface area (Å²) in [5.41, 5.74) is -1.08. The van der Waals surface area contributed by atoms with Crippen LogP contribution in [-0.2, 0) is 0 Å². The monoisotopic (exact) mass is 311 g/mol. The minimum atomic E-state index is -0.828. The molecular formula is C11H13N5O4S. The van der Waals surface area contributed by atoms with Crippen molar-refractivity contribution in [1.29, 1.82) is 0 Å². The Morgan fingerprint density at radius 1 is 1.33 bits per heavy atom. The highest BCUT2D eigenvalue weighted by Crippen LogP contribution is 2.36. The third-order valence-electron chi connectivity index (χ3n) is 2.43. The minimum Gasteiger partial charge on any atom is -0.387 e. The summed E-state index contributed by atoms with van der Waals surface area (Å²) < 4.78 is 0. The lowest BCUT2D eigenvalue weighted by Crippen LogP contribution is -2.12. The highest BCUT2D eigenvalue weighted by Gasteiger charge is 2.32. The van der Waals surface area contributed by atoms with E-state index in [4.69, 9.17) is 12.2 Å². The summed E-state index contributed by atoms with van der Waals surface area (Å²) in [6.07, 6.45) is 1.37. The van der Waals surface area contributed by atoms with Gasteiger partial charge in [0.2, 0.25) is 0 Å². The van der Waals surface area contributed by atoms with Gasteiger partial charge in [0.1, 0.15) is 10.6 Å². The number of thiocarbonyl (C=S) groups is 1. The molecule has 0 aliphatic rings. The maximum atomic E-state index is 11.2. The molecule has 0 saturated carbocycles. The van der Waals surface area contributed by atoms with Gasteiger partial charge in [0.05, 0.1) is 21.9 Å². The van der Waals surface area contributed by atoms with Crippen LogP contribution in [0.25, 0.3) is 0 Å². The van der Waals surface area contributed by atoms with Gasteiger partial charge in [0.25, 0.3) is 0 Å². The van der Waals surface area contributed by atoms with E-state index in [2.05, 4.69) is 10.3 Å². The highest BCUT2D eigenvalue weighted by atomic mass is 32.1. The molecule has 112 valence electrons. The second-order valence-electron chi connectivity index (χ2n) is 4.13. The molecule has 0 atom stereocenters. The van der Waals surface area contributed by atoms with Crippen LogP contribution in [0, 0.1) is 20.2 Å².